The molecule has 118 valence electrons. The predicted molar refractivity (Wildman–Crippen MR) is 87.3 cm³/mol. The maximum atomic E-state index is 12.2. The first kappa shape index (κ1) is 16.5. The summed E-state index contributed by atoms with van der Waals surface area (Å²) in [5, 5.41) is 3.78. The van der Waals surface area contributed by atoms with Gasteiger partial charge in [-0.25, -0.2) is 0 Å². The maximum absolute atomic E-state index is 12.2. The normalized spacial score (nSPS) is 10.5. The minimum Gasteiger partial charge on any atom is -0.493 e. The van der Waals surface area contributed by atoms with E-state index in [-0.39, 0.29) is 5.78 Å². The second-order valence-corrected chi connectivity index (χ2v) is 5.57. The molecule has 1 heterocycles. The van der Waals surface area contributed by atoms with Crippen molar-refractivity contribution in [3.05, 3.63) is 46.2 Å². The monoisotopic (exact) mass is 320 g/mol. The Labute approximate surface area is 134 Å². The summed E-state index contributed by atoms with van der Waals surface area (Å²) < 4.78 is 16.0. The van der Waals surface area contributed by atoms with E-state index in [1.165, 1.54) is 11.3 Å². The zero-order valence-corrected chi connectivity index (χ0v) is 13.7. The zero-order chi connectivity index (χ0) is 15.8. The molecule has 0 saturated carbocycles. The summed E-state index contributed by atoms with van der Waals surface area (Å²) in [6.45, 7) is 1.20. The van der Waals surface area contributed by atoms with Crippen LogP contribution in [-0.4, -0.2) is 33.2 Å². The number of thiophene rings is 1. The molecule has 1 aromatic heterocycles. The molecule has 0 aliphatic heterocycles. The second kappa shape index (κ2) is 8.56. The van der Waals surface area contributed by atoms with E-state index in [1.54, 1.807) is 14.2 Å². The molecule has 0 N–H and O–H groups in total. The fourth-order valence-corrected chi connectivity index (χ4v) is 2.70. The lowest BCUT2D eigenvalue weighted by Crippen LogP contribution is -2.05. The van der Waals surface area contributed by atoms with Crippen molar-refractivity contribution in [2.24, 2.45) is 0 Å². The largest absolute Gasteiger partial charge is 0.493 e. The Hall–Kier alpha value is -1.85. The second-order valence-electron chi connectivity index (χ2n) is 4.79. The highest BCUT2D eigenvalue weighted by atomic mass is 32.1. The van der Waals surface area contributed by atoms with Crippen molar-refractivity contribution in [2.75, 3.05) is 27.4 Å². The molecule has 0 saturated heterocycles. The van der Waals surface area contributed by atoms with Crippen molar-refractivity contribution in [3.63, 3.8) is 0 Å². The molecule has 0 radical (unpaired) electrons. The Bertz CT molecular complexity index is 593. The SMILES string of the molecule is COCCCOc1cc(CC(=O)c2ccsc2)ccc1OC. The lowest BCUT2D eigenvalue weighted by molar-refractivity contribution is 0.0993. The number of Topliss-reactive ketones (excluding diaryl/α,β-unsaturated/α-hetero) is 1. The van der Waals surface area contributed by atoms with Gasteiger partial charge in [-0.15, -0.1) is 0 Å². The van der Waals surface area contributed by atoms with Gasteiger partial charge in [-0.3, -0.25) is 4.79 Å². The maximum Gasteiger partial charge on any atom is 0.168 e. The number of ketones is 1. The van der Waals surface area contributed by atoms with Gasteiger partial charge in [-0.05, 0) is 29.1 Å². The van der Waals surface area contributed by atoms with E-state index >= 15 is 0 Å². The van der Waals surface area contributed by atoms with E-state index in [0.717, 1.165) is 17.5 Å². The summed E-state index contributed by atoms with van der Waals surface area (Å²) in [7, 11) is 3.27. The van der Waals surface area contributed by atoms with E-state index in [1.807, 2.05) is 35.0 Å². The molecule has 0 bridgehead atoms. The summed E-state index contributed by atoms with van der Waals surface area (Å²) in [6.07, 6.45) is 1.16. The first-order valence-corrected chi connectivity index (χ1v) is 8.03. The average molecular weight is 320 g/mol. The summed E-state index contributed by atoms with van der Waals surface area (Å²) in [5.41, 5.74) is 1.67. The van der Waals surface area contributed by atoms with Crippen LogP contribution in [0.1, 0.15) is 22.3 Å². The topological polar surface area (TPSA) is 44.8 Å². The molecular formula is C17H20O4S. The van der Waals surface area contributed by atoms with Crippen molar-refractivity contribution < 1.29 is 19.0 Å². The highest BCUT2D eigenvalue weighted by molar-refractivity contribution is 7.08. The van der Waals surface area contributed by atoms with Gasteiger partial charge in [0.05, 0.1) is 13.7 Å². The lowest BCUT2D eigenvalue weighted by atomic mass is 10.0. The number of rotatable bonds is 9. The summed E-state index contributed by atoms with van der Waals surface area (Å²) in [6, 6.07) is 7.45. The molecule has 0 aliphatic carbocycles. The number of methoxy groups -OCH3 is 2. The highest BCUT2D eigenvalue weighted by Gasteiger charge is 2.11. The number of carbonyl (C=O) groups excluding carboxylic acids is 1. The molecule has 0 aliphatic rings. The lowest BCUT2D eigenvalue weighted by Gasteiger charge is -2.12. The average Bonchev–Trinajstić information content (AvgIpc) is 3.06. The molecular weight excluding hydrogens is 300 g/mol. The molecule has 5 heteroatoms. The smallest absolute Gasteiger partial charge is 0.168 e. The molecule has 0 unspecified atom stereocenters. The molecule has 22 heavy (non-hydrogen) atoms. The first-order valence-electron chi connectivity index (χ1n) is 7.08. The fourth-order valence-electron chi connectivity index (χ4n) is 2.04. The van der Waals surface area contributed by atoms with Gasteiger partial charge in [0.1, 0.15) is 0 Å². The van der Waals surface area contributed by atoms with Crippen LogP contribution in [0, 0.1) is 0 Å². The van der Waals surface area contributed by atoms with Gasteiger partial charge in [0.15, 0.2) is 17.3 Å². The Kier molecular flexibility index (Phi) is 6.43. The number of hydrogen-bond donors (Lipinski definition) is 0. The zero-order valence-electron chi connectivity index (χ0n) is 12.8. The van der Waals surface area contributed by atoms with E-state index in [2.05, 4.69) is 0 Å². The van der Waals surface area contributed by atoms with Crippen LogP contribution >= 0.6 is 11.3 Å². The molecule has 0 fully saturated rings. The van der Waals surface area contributed by atoms with Crippen LogP contribution in [0.3, 0.4) is 0 Å². The van der Waals surface area contributed by atoms with Crippen molar-refractivity contribution in [2.45, 2.75) is 12.8 Å². The fraction of sp³-hybridized carbons (Fsp3) is 0.353. The minimum atomic E-state index is 0.108. The van der Waals surface area contributed by atoms with Gasteiger partial charge >= 0.3 is 0 Å². The van der Waals surface area contributed by atoms with Gasteiger partial charge in [0, 0.05) is 37.5 Å². The summed E-state index contributed by atoms with van der Waals surface area (Å²) in [5.74, 6) is 1.44. The van der Waals surface area contributed by atoms with E-state index in [4.69, 9.17) is 14.2 Å². The predicted octanol–water partition coefficient (Wildman–Crippen LogP) is 3.60. The quantitative estimate of drug-likeness (QED) is 0.523. The van der Waals surface area contributed by atoms with E-state index in [0.29, 0.717) is 31.1 Å². The summed E-state index contributed by atoms with van der Waals surface area (Å²) >= 11 is 1.53. The molecule has 2 rings (SSSR count). The molecule has 4 nitrogen and oxygen atoms in total. The Balaban J connectivity index is 2.04. The first-order chi connectivity index (χ1) is 10.7. The third kappa shape index (κ3) is 4.58. The van der Waals surface area contributed by atoms with Gasteiger partial charge < -0.3 is 14.2 Å². The number of benzene rings is 1. The number of hydrogen-bond acceptors (Lipinski definition) is 5. The van der Waals surface area contributed by atoms with E-state index in [9.17, 15) is 4.79 Å². The van der Waals surface area contributed by atoms with Crippen LogP contribution in [0.25, 0.3) is 0 Å². The van der Waals surface area contributed by atoms with Crippen LogP contribution < -0.4 is 9.47 Å². The van der Waals surface area contributed by atoms with Crippen molar-refractivity contribution >= 4 is 17.1 Å². The molecule has 1 aromatic carbocycles. The van der Waals surface area contributed by atoms with Gasteiger partial charge in [-0.1, -0.05) is 6.07 Å². The van der Waals surface area contributed by atoms with Crippen LogP contribution in [0.5, 0.6) is 11.5 Å². The van der Waals surface area contributed by atoms with Crippen molar-refractivity contribution in [1.82, 2.24) is 0 Å². The highest BCUT2D eigenvalue weighted by Crippen LogP contribution is 2.28. The molecule has 0 spiro atoms. The van der Waals surface area contributed by atoms with Crippen LogP contribution in [-0.2, 0) is 11.2 Å². The Morgan fingerprint density at radius 2 is 2.00 bits per heavy atom. The van der Waals surface area contributed by atoms with Gasteiger partial charge in [0.25, 0.3) is 0 Å². The van der Waals surface area contributed by atoms with Crippen LogP contribution in [0.15, 0.2) is 35.0 Å². The van der Waals surface area contributed by atoms with E-state index < -0.39 is 0 Å². The van der Waals surface area contributed by atoms with Gasteiger partial charge in [0.2, 0.25) is 0 Å². The van der Waals surface area contributed by atoms with Crippen LogP contribution in [0.4, 0.5) is 0 Å². The number of carbonyl (C=O) groups is 1. The van der Waals surface area contributed by atoms with Crippen molar-refractivity contribution in [1.29, 1.82) is 0 Å². The Morgan fingerprint density at radius 1 is 1.14 bits per heavy atom. The van der Waals surface area contributed by atoms with Gasteiger partial charge in [-0.2, -0.15) is 11.3 Å². The third-order valence-corrected chi connectivity index (χ3v) is 3.87. The molecule has 2 aromatic rings. The van der Waals surface area contributed by atoms with Crippen LogP contribution in [0.2, 0.25) is 0 Å². The Morgan fingerprint density at radius 3 is 2.68 bits per heavy atom. The third-order valence-electron chi connectivity index (χ3n) is 3.19. The molecule has 0 amide bonds. The standard InChI is InChI=1S/C17H20O4S/c1-19-7-3-8-21-17-11-13(4-5-16(17)20-2)10-15(18)14-6-9-22-12-14/h4-6,9,11-12H,3,7-8,10H2,1-2H3. The number of ether oxygens (including phenoxy) is 3. The molecule has 0 atom stereocenters. The minimum absolute atomic E-state index is 0.108. The van der Waals surface area contributed by atoms with Crippen molar-refractivity contribution in [3.8, 4) is 11.5 Å². The summed E-state index contributed by atoms with van der Waals surface area (Å²) in [4.78, 5) is 12.2.